The number of hydrogen-bond donors (Lipinski definition) is 2. The van der Waals surface area contributed by atoms with Crippen LogP contribution >= 0.6 is 0 Å². The summed E-state index contributed by atoms with van der Waals surface area (Å²) in [5.74, 6) is 1.48. The van der Waals surface area contributed by atoms with Crippen molar-refractivity contribution in [2.45, 2.75) is 45.6 Å². The van der Waals surface area contributed by atoms with Gasteiger partial charge in [0.05, 0.1) is 0 Å². The molecule has 0 aliphatic rings. The van der Waals surface area contributed by atoms with E-state index in [0.29, 0.717) is 30.7 Å². The quantitative estimate of drug-likeness (QED) is 0.804. The molecule has 0 saturated carbocycles. The van der Waals surface area contributed by atoms with Gasteiger partial charge in [-0.2, -0.15) is 5.10 Å². The van der Waals surface area contributed by atoms with Crippen molar-refractivity contribution >= 4 is 21.5 Å². The maximum Gasteiger partial charge on any atom is 0.182 e. The number of aryl methyl sites for hydroxylation is 1. The maximum absolute atomic E-state index is 11.9. The molecule has 7 heteroatoms. The summed E-state index contributed by atoms with van der Waals surface area (Å²) in [5.41, 5.74) is 5.96. The van der Waals surface area contributed by atoms with Gasteiger partial charge in [-0.15, -0.1) is 0 Å². The second kappa shape index (κ2) is 6.47. The van der Waals surface area contributed by atoms with Crippen LogP contribution in [0.4, 0.5) is 11.6 Å². The van der Waals surface area contributed by atoms with E-state index in [2.05, 4.69) is 24.3 Å². The van der Waals surface area contributed by atoms with Crippen LogP contribution in [0.2, 0.25) is 0 Å². The van der Waals surface area contributed by atoms with Crippen LogP contribution in [0.3, 0.4) is 0 Å². The van der Waals surface area contributed by atoms with Crippen LogP contribution in [0.25, 0.3) is 0 Å². The second-order valence-electron chi connectivity index (χ2n) is 6.02. The average Bonchev–Trinajstić information content (AvgIpc) is 2.60. The van der Waals surface area contributed by atoms with Crippen molar-refractivity contribution in [1.29, 1.82) is 0 Å². The summed E-state index contributed by atoms with van der Waals surface area (Å²) in [6.45, 7) is 9.58. The first-order chi connectivity index (χ1) is 9.12. The van der Waals surface area contributed by atoms with Crippen LogP contribution in [0.15, 0.2) is 4.90 Å². The van der Waals surface area contributed by atoms with Gasteiger partial charge >= 0.3 is 0 Å². The summed E-state index contributed by atoms with van der Waals surface area (Å²) < 4.78 is 25.4. The van der Waals surface area contributed by atoms with Crippen LogP contribution in [0.1, 0.15) is 34.1 Å². The van der Waals surface area contributed by atoms with Crippen molar-refractivity contribution in [3.63, 3.8) is 0 Å². The Morgan fingerprint density at radius 2 is 1.85 bits per heavy atom. The molecular weight excluding hydrogens is 276 g/mol. The number of rotatable bonds is 7. The first-order valence-corrected chi connectivity index (χ1v) is 8.82. The number of aromatic nitrogens is 2. The lowest BCUT2D eigenvalue weighted by atomic mass is 10.1. The molecule has 1 rings (SSSR count). The zero-order valence-electron chi connectivity index (χ0n) is 13.0. The number of anilines is 2. The predicted octanol–water partition coefficient (Wildman–Crippen LogP) is 1.98. The molecular formula is C13H26N4O2S. The molecule has 1 aromatic heterocycles. The number of nitrogen functional groups attached to an aromatic ring is 1. The van der Waals surface area contributed by atoms with Gasteiger partial charge in [-0.3, -0.25) is 0 Å². The number of nitrogens with one attached hydrogen (secondary N) is 1. The molecule has 0 unspecified atom stereocenters. The Labute approximate surface area is 121 Å². The zero-order valence-corrected chi connectivity index (χ0v) is 13.8. The molecule has 0 fully saturated rings. The summed E-state index contributed by atoms with van der Waals surface area (Å²) in [7, 11) is -3.40. The van der Waals surface area contributed by atoms with Crippen molar-refractivity contribution in [1.82, 2.24) is 9.78 Å². The third-order valence-electron chi connectivity index (χ3n) is 2.91. The standard InChI is InChI=1S/C13H26N4O2S/c1-9(2)6-7-17-12(14)11(20(5,18)19)13(16-17)15-8-10(3)4/h9-10H,6-8,14H2,1-5H3,(H,15,16). The Hall–Kier alpha value is -1.24. The van der Waals surface area contributed by atoms with E-state index in [-0.39, 0.29) is 10.7 Å². The van der Waals surface area contributed by atoms with E-state index in [4.69, 9.17) is 5.73 Å². The van der Waals surface area contributed by atoms with Crippen LogP contribution in [0.5, 0.6) is 0 Å². The fourth-order valence-corrected chi connectivity index (χ4v) is 2.74. The average molecular weight is 302 g/mol. The third-order valence-corrected chi connectivity index (χ3v) is 4.06. The van der Waals surface area contributed by atoms with Crippen molar-refractivity contribution in [2.24, 2.45) is 11.8 Å². The number of nitrogens with zero attached hydrogens (tertiary/aromatic N) is 2. The first-order valence-electron chi connectivity index (χ1n) is 6.93. The highest BCUT2D eigenvalue weighted by atomic mass is 32.2. The van der Waals surface area contributed by atoms with E-state index >= 15 is 0 Å². The molecule has 116 valence electrons. The fourth-order valence-electron chi connectivity index (χ4n) is 1.79. The number of sulfone groups is 1. The molecule has 1 heterocycles. The van der Waals surface area contributed by atoms with E-state index in [9.17, 15) is 8.42 Å². The normalized spacial score (nSPS) is 12.3. The molecule has 20 heavy (non-hydrogen) atoms. The highest BCUT2D eigenvalue weighted by Crippen LogP contribution is 2.27. The zero-order chi connectivity index (χ0) is 15.5. The van der Waals surface area contributed by atoms with Gasteiger partial charge in [-0.25, -0.2) is 13.1 Å². The number of hydrogen-bond acceptors (Lipinski definition) is 5. The van der Waals surface area contributed by atoms with Gasteiger partial charge in [0, 0.05) is 19.3 Å². The molecule has 0 spiro atoms. The van der Waals surface area contributed by atoms with Gasteiger partial charge in [0.2, 0.25) is 0 Å². The van der Waals surface area contributed by atoms with Gasteiger partial charge in [0.15, 0.2) is 20.6 Å². The van der Waals surface area contributed by atoms with Gasteiger partial charge in [-0.1, -0.05) is 27.7 Å². The van der Waals surface area contributed by atoms with Crippen molar-refractivity contribution in [2.75, 3.05) is 23.9 Å². The van der Waals surface area contributed by atoms with Crippen molar-refractivity contribution < 1.29 is 8.42 Å². The van der Waals surface area contributed by atoms with Crippen molar-refractivity contribution in [3.8, 4) is 0 Å². The molecule has 3 N–H and O–H groups in total. The molecule has 0 aliphatic carbocycles. The van der Waals surface area contributed by atoms with Crippen molar-refractivity contribution in [3.05, 3.63) is 0 Å². The lowest BCUT2D eigenvalue weighted by molar-refractivity contribution is 0.491. The molecule has 0 amide bonds. The second-order valence-corrected chi connectivity index (χ2v) is 7.97. The van der Waals surface area contributed by atoms with Gasteiger partial charge < -0.3 is 11.1 Å². The molecule has 1 aromatic rings. The highest BCUT2D eigenvalue weighted by molar-refractivity contribution is 7.91. The number of nitrogens with two attached hydrogens (primary N) is 1. The minimum atomic E-state index is -3.40. The lowest BCUT2D eigenvalue weighted by Crippen LogP contribution is -2.11. The largest absolute Gasteiger partial charge is 0.383 e. The van der Waals surface area contributed by atoms with E-state index in [1.807, 2.05) is 13.8 Å². The summed E-state index contributed by atoms with van der Waals surface area (Å²) in [6.07, 6.45) is 2.06. The first kappa shape index (κ1) is 16.8. The maximum atomic E-state index is 11.9. The minimum Gasteiger partial charge on any atom is -0.383 e. The lowest BCUT2D eigenvalue weighted by Gasteiger charge is -2.07. The van der Waals surface area contributed by atoms with E-state index in [1.54, 1.807) is 4.68 Å². The van der Waals surface area contributed by atoms with E-state index < -0.39 is 9.84 Å². The van der Waals surface area contributed by atoms with Crippen LogP contribution in [-0.4, -0.2) is 31.0 Å². The molecule has 0 radical (unpaired) electrons. The molecule has 0 atom stereocenters. The Balaban J connectivity index is 3.11. The summed E-state index contributed by atoms with van der Waals surface area (Å²) >= 11 is 0. The highest BCUT2D eigenvalue weighted by Gasteiger charge is 2.24. The van der Waals surface area contributed by atoms with Gasteiger partial charge in [0.1, 0.15) is 5.82 Å². The van der Waals surface area contributed by atoms with E-state index in [1.165, 1.54) is 0 Å². The van der Waals surface area contributed by atoms with Gasteiger partial charge in [0.25, 0.3) is 0 Å². The fraction of sp³-hybridized carbons (Fsp3) is 0.769. The minimum absolute atomic E-state index is 0.113. The summed E-state index contributed by atoms with van der Waals surface area (Å²) in [4.78, 5) is 0.113. The monoisotopic (exact) mass is 302 g/mol. The van der Waals surface area contributed by atoms with Crippen LogP contribution in [-0.2, 0) is 16.4 Å². The topological polar surface area (TPSA) is 90.0 Å². The van der Waals surface area contributed by atoms with Crippen LogP contribution in [0, 0.1) is 11.8 Å². The summed E-state index contributed by atoms with van der Waals surface area (Å²) in [5, 5.41) is 7.40. The molecule has 0 saturated heterocycles. The van der Waals surface area contributed by atoms with Crippen LogP contribution < -0.4 is 11.1 Å². The Morgan fingerprint density at radius 3 is 2.30 bits per heavy atom. The molecule has 0 aromatic carbocycles. The Morgan fingerprint density at radius 1 is 1.25 bits per heavy atom. The predicted molar refractivity (Wildman–Crippen MR) is 82.5 cm³/mol. The SMILES string of the molecule is CC(C)CCn1nc(NCC(C)C)c(S(C)(=O)=O)c1N. The van der Waals surface area contributed by atoms with Gasteiger partial charge in [-0.05, 0) is 18.3 Å². The summed E-state index contributed by atoms with van der Waals surface area (Å²) in [6, 6.07) is 0. The molecule has 6 nitrogen and oxygen atoms in total. The smallest absolute Gasteiger partial charge is 0.182 e. The third kappa shape index (κ3) is 4.40. The molecule has 0 aliphatic heterocycles. The van der Waals surface area contributed by atoms with E-state index in [0.717, 1.165) is 12.7 Å². The molecule has 0 bridgehead atoms. The Bertz CT molecular complexity index is 547. The Kier molecular flexibility index (Phi) is 5.44.